The molecule has 92 valence electrons. The molecule has 5 heteroatoms. The van der Waals surface area contributed by atoms with Crippen molar-refractivity contribution >= 4 is 5.91 Å². The number of rotatable bonds is 4. The lowest BCUT2D eigenvalue weighted by molar-refractivity contribution is 0.0952. The van der Waals surface area contributed by atoms with Crippen molar-refractivity contribution < 1.29 is 4.79 Å². The van der Waals surface area contributed by atoms with E-state index in [1.165, 1.54) is 12.3 Å². The number of hydrogen-bond acceptors (Lipinski definition) is 3. The van der Waals surface area contributed by atoms with Gasteiger partial charge in [-0.25, -0.2) is 0 Å². The molecule has 0 bridgehead atoms. The molecule has 0 aromatic carbocycles. The number of pyridine rings is 2. The highest BCUT2D eigenvalue weighted by Gasteiger charge is 2.08. The Bertz CT molecular complexity index is 578. The van der Waals surface area contributed by atoms with Crippen LogP contribution in [0.25, 0.3) is 0 Å². The van der Waals surface area contributed by atoms with Crippen molar-refractivity contribution in [3.63, 3.8) is 0 Å². The Kier molecular flexibility index (Phi) is 3.86. The summed E-state index contributed by atoms with van der Waals surface area (Å²) in [5, 5.41) is 2.70. The predicted octanol–water partition coefficient (Wildman–Crippen LogP) is 0.742. The molecule has 0 aliphatic rings. The molecular formula is C13H13N3O2. The average Bonchev–Trinajstić information content (AvgIpc) is 2.40. The lowest BCUT2D eigenvalue weighted by Crippen LogP contribution is -2.30. The second-order valence-electron chi connectivity index (χ2n) is 3.78. The molecule has 2 heterocycles. The maximum absolute atomic E-state index is 11.7. The lowest BCUT2D eigenvalue weighted by Gasteiger charge is -2.04. The van der Waals surface area contributed by atoms with Crippen LogP contribution in [0.5, 0.6) is 0 Å². The minimum absolute atomic E-state index is 0.128. The SMILES string of the molecule is O=C(NCCc1cccnc1)c1ccc[nH]c1=O. The average molecular weight is 243 g/mol. The maximum atomic E-state index is 11.7. The first-order valence-corrected chi connectivity index (χ1v) is 5.62. The normalized spacial score (nSPS) is 10.0. The van der Waals surface area contributed by atoms with Crippen molar-refractivity contribution in [3.8, 4) is 0 Å². The minimum atomic E-state index is -0.378. The molecule has 0 saturated carbocycles. The Morgan fingerprint density at radius 3 is 2.94 bits per heavy atom. The van der Waals surface area contributed by atoms with E-state index in [2.05, 4.69) is 15.3 Å². The first-order chi connectivity index (χ1) is 8.77. The van der Waals surface area contributed by atoms with Gasteiger partial charge in [0.2, 0.25) is 0 Å². The Balaban J connectivity index is 1.90. The molecule has 0 aliphatic carbocycles. The van der Waals surface area contributed by atoms with E-state index >= 15 is 0 Å². The third kappa shape index (κ3) is 3.04. The molecule has 2 rings (SSSR count). The molecular weight excluding hydrogens is 230 g/mol. The first-order valence-electron chi connectivity index (χ1n) is 5.62. The summed E-state index contributed by atoms with van der Waals surface area (Å²) in [5.41, 5.74) is 0.792. The number of aromatic amines is 1. The second kappa shape index (κ2) is 5.77. The van der Waals surface area contributed by atoms with Crippen molar-refractivity contribution in [1.82, 2.24) is 15.3 Å². The van der Waals surface area contributed by atoms with Gasteiger partial charge in [-0.3, -0.25) is 14.6 Å². The number of nitrogens with one attached hydrogen (secondary N) is 2. The van der Waals surface area contributed by atoms with Gasteiger partial charge in [0.15, 0.2) is 0 Å². The summed E-state index contributed by atoms with van der Waals surface area (Å²) in [6, 6.07) is 6.91. The molecule has 2 aromatic heterocycles. The molecule has 0 aliphatic heterocycles. The molecule has 0 atom stereocenters. The van der Waals surface area contributed by atoms with E-state index in [1.54, 1.807) is 18.5 Å². The van der Waals surface area contributed by atoms with Gasteiger partial charge in [0.25, 0.3) is 11.5 Å². The smallest absolute Gasteiger partial charge is 0.260 e. The fraction of sp³-hybridized carbons (Fsp3) is 0.154. The quantitative estimate of drug-likeness (QED) is 0.831. The lowest BCUT2D eigenvalue weighted by atomic mass is 10.2. The maximum Gasteiger partial charge on any atom is 0.260 e. The van der Waals surface area contributed by atoms with E-state index in [1.807, 2.05) is 12.1 Å². The summed E-state index contributed by atoms with van der Waals surface area (Å²) in [5.74, 6) is -0.360. The summed E-state index contributed by atoms with van der Waals surface area (Å²) in [6.45, 7) is 0.471. The molecule has 0 saturated heterocycles. The van der Waals surface area contributed by atoms with Crippen LogP contribution in [0.15, 0.2) is 47.7 Å². The van der Waals surface area contributed by atoms with E-state index < -0.39 is 0 Å². The van der Waals surface area contributed by atoms with Crippen LogP contribution < -0.4 is 10.9 Å². The van der Waals surface area contributed by atoms with E-state index in [0.29, 0.717) is 13.0 Å². The van der Waals surface area contributed by atoms with Crippen LogP contribution in [0.1, 0.15) is 15.9 Å². The van der Waals surface area contributed by atoms with Crippen LogP contribution in [-0.2, 0) is 6.42 Å². The Labute approximate surface area is 104 Å². The van der Waals surface area contributed by atoms with Crippen LogP contribution in [0.2, 0.25) is 0 Å². The molecule has 0 unspecified atom stereocenters. The van der Waals surface area contributed by atoms with Crippen LogP contribution in [-0.4, -0.2) is 22.4 Å². The summed E-state index contributed by atoms with van der Waals surface area (Å²) < 4.78 is 0. The van der Waals surface area contributed by atoms with Crippen LogP contribution in [0.4, 0.5) is 0 Å². The molecule has 0 spiro atoms. The van der Waals surface area contributed by atoms with Crippen molar-refractivity contribution in [3.05, 3.63) is 64.3 Å². The van der Waals surface area contributed by atoms with Crippen molar-refractivity contribution in [2.45, 2.75) is 6.42 Å². The Morgan fingerprint density at radius 1 is 1.33 bits per heavy atom. The fourth-order valence-electron chi connectivity index (χ4n) is 1.56. The number of hydrogen-bond donors (Lipinski definition) is 2. The van der Waals surface area contributed by atoms with Crippen LogP contribution in [0.3, 0.4) is 0 Å². The van der Waals surface area contributed by atoms with E-state index in [0.717, 1.165) is 5.56 Å². The van der Waals surface area contributed by atoms with Gasteiger partial charge in [-0.2, -0.15) is 0 Å². The Morgan fingerprint density at radius 2 is 2.22 bits per heavy atom. The number of aromatic nitrogens is 2. The molecule has 0 radical (unpaired) electrons. The first kappa shape index (κ1) is 12.0. The molecule has 2 N–H and O–H groups in total. The summed E-state index contributed by atoms with van der Waals surface area (Å²) in [4.78, 5) is 29.5. The van der Waals surface area contributed by atoms with E-state index in [9.17, 15) is 9.59 Å². The highest BCUT2D eigenvalue weighted by atomic mass is 16.2. The van der Waals surface area contributed by atoms with Gasteiger partial charge in [0, 0.05) is 25.1 Å². The second-order valence-corrected chi connectivity index (χ2v) is 3.78. The zero-order valence-corrected chi connectivity index (χ0v) is 9.72. The number of H-pyrrole nitrogens is 1. The van der Waals surface area contributed by atoms with Gasteiger partial charge in [0.1, 0.15) is 5.56 Å². The number of carbonyl (C=O) groups excluding carboxylic acids is 1. The fourth-order valence-corrected chi connectivity index (χ4v) is 1.56. The largest absolute Gasteiger partial charge is 0.352 e. The van der Waals surface area contributed by atoms with Crippen LogP contribution in [0, 0.1) is 0 Å². The third-order valence-electron chi connectivity index (χ3n) is 2.48. The molecule has 18 heavy (non-hydrogen) atoms. The summed E-state index contributed by atoms with van der Waals surface area (Å²) >= 11 is 0. The number of carbonyl (C=O) groups is 1. The van der Waals surface area contributed by atoms with Gasteiger partial charge in [-0.15, -0.1) is 0 Å². The van der Waals surface area contributed by atoms with Crippen molar-refractivity contribution in [1.29, 1.82) is 0 Å². The topological polar surface area (TPSA) is 74.8 Å². The van der Waals surface area contributed by atoms with Crippen molar-refractivity contribution in [2.24, 2.45) is 0 Å². The Hall–Kier alpha value is -2.43. The number of amides is 1. The highest BCUT2D eigenvalue weighted by Crippen LogP contribution is 1.96. The molecule has 5 nitrogen and oxygen atoms in total. The van der Waals surface area contributed by atoms with Gasteiger partial charge in [-0.1, -0.05) is 6.07 Å². The molecule has 2 aromatic rings. The van der Waals surface area contributed by atoms with Gasteiger partial charge >= 0.3 is 0 Å². The summed E-state index contributed by atoms with van der Waals surface area (Å²) in [6.07, 6.45) is 5.63. The molecule has 1 amide bonds. The number of nitrogens with zero attached hydrogens (tertiary/aromatic N) is 1. The molecule has 0 fully saturated rings. The standard InChI is InChI=1S/C13H13N3O2/c17-12-11(4-2-7-15-12)13(18)16-8-5-10-3-1-6-14-9-10/h1-4,6-7,9H,5,8H2,(H,15,17)(H,16,18). The van der Waals surface area contributed by atoms with E-state index in [4.69, 9.17) is 0 Å². The summed E-state index contributed by atoms with van der Waals surface area (Å²) in [7, 11) is 0. The van der Waals surface area contributed by atoms with Gasteiger partial charge in [0.05, 0.1) is 0 Å². The van der Waals surface area contributed by atoms with E-state index in [-0.39, 0.29) is 17.0 Å². The zero-order valence-electron chi connectivity index (χ0n) is 9.72. The minimum Gasteiger partial charge on any atom is -0.352 e. The zero-order chi connectivity index (χ0) is 12.8. The van der Waals surface area contributed by atoms with Gasteiger partial charge in [-0.05, 0) is 30.2 Å². The van der Waals surface area contributed by atoms with Gasteiger partial charge < -0.3 is 10.3 Å². The van der Waals surface area contributed by atoms with Crippen molar-refractivity contribution in [2.75, 3.05) is 6.54 Å². The third-order valence-corrected chi connectivity index (χ3v) is 2.48. The van der Waals surface area contributed by atoms with Crippen LogP contribution >= 0.6 is 0 Å². The highest BCUT2D eigenvalue weighted by molar-refractivity contribution is 5.93. The predicted molar refractivity (Wildman–Crippen MR) is 67.3 cm³/mol. The monoisotopic (exact) mass is 243 g/mol.